The molecule has 2 unspecified atom stereocenters. The lowest BCUT2D eigenvalue weighted by Crippen LogP contribution is -2.26. The number of benzene rings is 1. The normalized spacial score (nSPS) is 14.3. The maximum Gasteiger partial charge on any atom is 0.169 e. The van der Waals surface area contributed by atoms with Gasteiger partial charge in [0.1, 0.15) is 5.76 Å². The Kier molecular flexibility index (Phi) is 5.23. The zero-order valence-electron chi connectivity index (χ0n) is 11.4. The van der Waals surface area contributed by atoms with Crippen LogP contribution in [0.3, 0.4) is 0 Å². The van der Waals surface area contributed by atoms with E-state index >= 15 is 0 Å². The molecule has 0 bridgehead atoms. The van der Waals surface area contributed by atoms with Crippen molar-refractivity contribution in [3.05, 3.63) is 58.5 Å². The molecule has 0 spiro atoms. The van der Waals surface area contributed by atoms with Gasteiger partial charge in [-0.15, -0.1) is 0 Å². The minimum absolute atomic E-state index is 0.202. The third kappa shape index (κ3) is 3.71. The van der Waals surface area contributed by atoms with Gasteiger partial charge in [0.2, 0.25) is 0 Å². The van der Waals surface area contributed by atoms with Gasteiger partial charge < -0.3 is 9.73 Å². The average Bonchev–Trinajstić information content (AvgIpc) is 2.86. The summed E-state index contributed by atoms with van der Waals surface area (Å²) in [6.45, 7) is 5.40. The van der Waals surface area contributed by atoms with Gasteiger partial charge in [-0.1, -0.05) is 44.2 Å². The first kappa shape index (κ1) is 14.4. The second-order valence-electron chi connectivity index (χ2n) is 4.77. The van der Waals surface area contributed by atoms with E-state index in [0.29, 0.717) is 5.92 Å². The van der Waals surface area contributed by atoms with E-state index in [1.807, 2.05) is 18.2 Å². The second-order valence-corrected chi connectivity index (χ2v) is 5.55. The molecule has 2 rings (SSSR count). The second kappa shape index (κ2) is 6.92. The predicted octanol–water partition coefficient (Wildman–Crippen LogP) is 4.89. The fraction of sp³-hybridized carbons (Fsp3) is 0.375. The molecule has 0 aliphatic carbocycles. The Hall–Kier alpha value is -1.06. The van der Waals surface area contributed by atoms with Gasteiger partial charge >= 0.3 is 0 Å². The number of hydrogen-bond donors (Lipinski definition) is 1. The molecule has 3 heteroatoms. The molecule has 2 aromatic rings. The molecule has 0 saturated heterocycles. The van der Waals surface area contributed by atoms with Crippen molar-refractivity contribution < 1.29 is 4.42 Å². The van der Waals surface area contributed by atoms with Crippen molar-refractivity contribution in [2.75, 3.05) is 6.54 Å². The number of rotatable bonds is 6. The van der Waals surface area contributed by atoms with Crippen LogP contribution in [0.1, 0.15) is 43.6 Å². The molecule has 1 heterocycles. The summed E-state index contributed by atoms with van der Waals surface area (Å²) in [7, 11) is 0. The monoisotopic (exact) mass is 321 g/mol. The van der Waals surface area contributed by atoms with Crippen LogP contribution in [-0.2, 0) is 0 Å². The smallest absolute Gasteiger partial charge is 0.169 e. The SMILES string of the molecule is CCCNC(c1ccc(Br)o1)C(C)c1ccccc1. The summed E-state index contributed by atoms with van der Waals surface area (Å²) in [5, 5.41) is 3.58. The van der Waals surface area contributed by atoms with Crippen molar-refractivity contribution >= 4 is 15.9 Å². The topological polar surface area (TPSA) is 25.2 Å². The first-order valence-electron chi connectivity index (χ1n) is 6.76. The molecule has 0 aliphatic heterocycles. The minimum atomic E-state index is 0.202. The molecule has 2 nitrogen and oxygen atoms in total. The number of furan rings is 1. The van der Waals surface area contributed by atoms with Gasteiger partial charge in [-0.25, -0.2) is 0 Å². The predicted molar refractivity (Wildman–Crippen MR) is 82.3 cm³/mol. The van der Waals surface area contributed by atoms with Gasteiger partial charge in [0, 0.05) is 5.92 Å². The van der Waals surface area contributed by atoms with Gasteiger partial charge in [0.15, 0.2) is 4.67 Å². The number of halogens is 1. The van der Waals surface area contributed by atoms with Gasteiger partial charge in [0.05, 0.1) is 6.04 Å². The molecule has 0 radical (unpaired) electrons. The molecule has 0 amide bonds. The van der Waals surface area contributed by atoms with Crippen LogP contribution in [-0.4, -0.2) is 6.54 Å². The van der Waals surface area contributed by atoms with E-state index in [4.69, 9.17) is 4.42 Å². The largest absolute Gasteiger partial charge is 0.453 e. The fourth-order valence-electron chi connectivity index (χ4n) is 2.27. The quantitative estimate of drug-likeness (QED) is 0.819. The molecule has 0 aliphatic rings. The van der Waals surface area contributed by atoms with Crippen LogP contribution in [0.15, 0.2) is 51.6 Å². The minimum Gasteiger partial charge on any atom is -0.453 e. The Balaban J connectivity index is 2.22. The van der Waals surface area contributed by atoms with Crippen molar-refractivity contribution in [2.45, 2.75) is 32.2 Å². The van der Waals surface area contributed by atoms with Crippen LogP contribution < -0.4 is 5.32 Å². The third-order valence-corrected chi connectivity index (χ3v) is 3.77. The molecule has 1 N–H and O–H groups in total. The molecular formula is C16H20BrNO. The van der Waals surface area contributed by atoms with E-state index in [9.17, 15) is 0 Å². The first-order chi connectivity index (χ1) is 9.22. The van der Waals surface area contributed by atoms with Gasteiger partial charge in [-0.2, -0.15) is 0 Å². The van der Waals surface area contributed by atoms with E-state index < -0.39 is 0 Å². The Morgan fingerprint density at radius 3 is 2.47 bits per heavy atom. The van der Waals surface area contributed by atoms with Crippen molar-refractivity contribution in [3.8, 4) is 0 Å². The molecule has 102 valence electrons. The van der Waals surface area contributed by atoms with Crippen molar-refractivity contribution in [2.24, 2.45) is 0 Å². The Labute approximate surface area is 123 Å². The van der Waals surface area contributed by atoms with E-state index in [2.05, 4.69) is 59.4 Å². The molecule has 0 fully saturated rings. The fourth-order valence-corrected chi connectivity index (χ4v) is 2.59. The first-order valence-corrected chi connectivity index (χ1v) is 7.55. The van der Waals surface area contributed by atoms with Crippen LogP contribution in [0.5, 0.6) is 0 Å². The van der Waals surface area contributed by atoms with Crippen LogP contribution in [0.4, 0.5) is 0 Å². The van der Waals surface area contributed by atoms with Gasteiger partial charge in [0.25, 0.3) is 0 Å². The standard InChI is InChI=1S/C16H20BrNO/c1-3-11-18-16(14-9-10-15(17)19-14)12(2)13-7-5-4-6-8-13/h4-10,12,16,18H,3,11H2,1-2H3. The van der Waals surface area contributed by atoms with Crippen LogP contribution >= 0.6 is 15.9 Å². The summed E-state index contributed by atoms with van der Waals surface area (Å²) >= 11 is 3.38. The van der Waals surface area contributed by atoms with E-state index in [0.717, 1.165) is 23.4 Å². The summed E-state index contributed by atoms with van der Waals surface area (Å²) < 4.78 is 6.52. The molecule has 19 heavy (non-hydrogen) atoms. The highest BCUT2D eigenvalue weighted by molar-refractivity contribution is 9.10. The molecule has 2 atom stereocenters. The molecule has 1 aromatic heterocycles. The molecule has 1 aromatic carbocycles. The highest BCUT2D eigenvalue weighted by atomic mass is 79.9. The average molecular weight is 322 g/mol. The third-order valence-electron chi connectivity index (χ3n) is 3.34. The molecular weight excluding hydrogens is 302 g/mol. The highest BCUT2D eigenvalue weighted by Crippen LogP contribution is 2.32. The Bertz CT molecular complexity index is 494. The Morgan fingerprint density at radius 1 is 1.16 bits per heavy atom. The lowest BCUT2D eigenvalue weighted by molar-refractivity contribution is 0.368. The van der Waals surface area contributed by atoms with Crippen LogP contribution in [0.25, 0.3) is 0 Å². The summed E-state index contributed by atoms with van der Waals surface area (Å²) in [5.41, 5.74) is 1.32. The van der Waals surface area contributed by atoms with Crippen LogP contribution in [0, 0.1) is 0 Å². The van der Waals surface area contributed by atoms with Gasteiger partial charge in [-0.3, -0.25) is 0 Å². The number of nitrogens with one attached hydrogen (secondary N) is 1. The Morgan fingerprint density at radius 2 is 1.89 bits per heavy atom. The summed E-state index contributed by atoms with van der Waals surface area (Å²) in [6.07, 6.45) is 1.11. The van der Waals surface area contributed by atoms with E-state index in [1.54, 1.807) is 0 Å². The van der Waals surface area contributed by atoms with Crippen LogP contribution in [0.2, 0.25) is 0 Å². The van der Waals surface area contributed by atoms with E-state index in [-0.39, 0.29) is 6.04 Å². The lowest BCUT2D eigenvalue weighted by Gasteiger charge is -2.23. The maximum atomic E-state index is 5.74. The van der Waals surface area contributed by atoms with Crippen molar-refractivity contribution in [1.82, 2.24) is 5.32 Å². The zero-order chi connectivity index (χ0) is 13.7. The van der Waals surface area contributed by atoms with Gasteiger partial charge in [-0.05, 0) is 46.6 Å². The van der Waals surface area contributed by atoms with Crippen molar-refractivity contribution in [3.63, 3.8) is 0 Å². The summed E-state index contributed by atoms with van der Waals surface area (Å²) in [4.78, 5) is 0. The lowest BCUT2D eigenvalue weighted by atomic mass is 9.91. The number of hydrogen-bond acceptors (Lipinski definition) is 2. The summed E-state index contributed by atoms with van der Waals surface area (Å²) in [6, 6.07) is 14.8. The highest BCUT2D eigenvalue weighted by Gasteiger charge is 2.22. The van der Waals surface area contributed by atoms with E-state index in [1.165, 1.54) is 5.56 Å². The summed E-state index contributed by atoms with van der Waals surface area (Å²) in [5.74, 6) is 1.35. The maximum absolute atomic E-state index is 5.74. The zero-order valence-corrected chi connectivity index (χ0v) is 13.0. The van der Waals surface area contributed by atoms with Crippen molar-refractivity contribution in [1.29, 1.82) is 0 Å². The molecule has 0 saturated carbocycles.